The second kappa shape index (κ2) is 7.57. The maximum atomic E-state index is 11.7. The SMILES string of the molecule is COC(C)C(=O)NC(C)c1ccc(C#CCO)cc1. The fraction of sp³-hybridized carbons (Fsp3) is 0.400. The molecule has 1 amide bonds. The van der Waals surface area contributed by atoms with Crippen LogP contribution in [0.1, 0.15) is 31.0 Å². The summed E-state index contributed by atoms with van der Waals surface area (Å²) < 4.78 is 4.96. The lowest BCUT2D eigenvalue weighted by atomic mass is 10.1. The standard InChI is InChI=1S/C15H19NO3/c1-11(16-15(18)12(2)19-3)14-8-6-13(7-9-14)5-4-10-17/h6-9,11-12,17H,10H2,1-3H3,(H,16,18). The van der Waals surface area contributed by atoms with Crippen LogP contribution >= 0.6 is 0 Å². The number of aliphatic hydroxyl groups excluding tert-OH is 1. The fourth-order valence-electron chi connectivity index (χ4n) is 1.52. The van der Waals surface area contributed by atoms with E-state index in [2.05, 4.69) is 17.2 Å². The number of benzene rings is 1. The molecular formula is C15H19NO3. The summed E-state index contributed by atoms with van der Waals surface area (Å²) in [5.74, 6) is 5.27. The first-order valence-electron chi connectivity index (χ1n) is 6.11. The Balaban J connectivity index is 2.67. The highest BCUT2D eigenvalue weighted by Crippen LogP contribution is 2.13. The lowest BCUT2D eigenvalue weighted by molar-refractivity contribution is -0.130. The van der Waals surface area contributed by atoms with Gasteiger partial charge in [0.25, 0.3) is 0 Å². The van der Waals surface area contributed by atoms with E-state index in [1.54, 1.807) is 6.92 Å². The third kappa shape index (κ3) is 4.74. The van der Waals surface area contributed by atoms with Crippen molar-refractivity contribution in [2.75, 3.05) is 13.7 Å². The van der Waals surface area contributed by atoms with Crippen molar-refractivity contribution >= 4 is 5.91 Å². The summed E-state index contributed by atoms with van der Waals surface area (Å²) in [4.78, 5) is 11.7. The second-order valence-corrected chi connectivity index (χ2v) is 4.19. The number of methoxy groups -OCH3 is 1. The van der Waals surface area contributed by atoms with Gasteiger partial charge < -0.3 is 15.2 Å². The molecule has 0 heterocycles. The minimum Gasteiger partial charge on any atom is -0.384 e. The van der Waals surface area contributed by atoms with Gasteiger partial charge in [-0.1, -0.05) is 24.0 Å². The Labute approximate surface area is 113 Å². The zero-order valence-corrected chi connectivity index (χ0v) is 11.4. The molecule has 0 saturated carbocycles. The second-order valence-electron chi connectivity index (χ2n) is 4.19. The molecule has 0 aromatic heterocycles. The average Bonchev–Trinajstić information content (AvgIpc) is 2.44. The normalized spacial score (nSPS) is 13.1. The fourth-order valence-corrected chi connectivity index (χ4v) is 1.52. The largest absolute Gasteiger partial charge is 0.384 e. The van der Waals surface area contributed by atoms with Crippen molar-refractivity contribution in [3.05, 3.63) is 35.4 Å². The molecule has 0 radical (unpaired) electrons. The smallest absolute Gasteiger partial charge is 0.249 e. The molecule has 0 saturated heterocycles. The van der Waals surface area contributed by atoms with E-state index in [0.717, 1.165) is 11.1 Å². The molecule has 0 aliphatic rings. The van der Waals surface area contributed by atoms with E-state index in [0.29, 0.717) is 0 Å². The van der Waals surface area contributed by atoms with Gasteiger partial charge in [0.05, 0.1) is 6.04 Å². The number of hydrogen-bond acceptors (Lipinski definition) is 3. The van der Waals surface area contributed by atoms with Gasteiger partial charge in [0.15, 0.2) is 0 Å². The van der Waals surface area contributed by atoms with Gasteiger partial charge in [-0.3, -0.25) is 4.79 Å². The van der Waals surface area contributed by atoms with Crippen molar-refractivity contribution in [2.24, 2.45) is 0 Å². The van der Waals surface area contributed by atoms with Gasteiger partial charge in [-0.15, -0.1) is 0 Å². The molecule has 4 nitrogen and oxygen atoms in total. The summed E-state index contributed by atoms with van der Waals surface area (Å²) in [5.41, 5.74) is 1.83. The van der Waals surface area contributed by atoms with Gasteiger partial charge in [0, 0.05) is 12.7 Å². The Morgan fingerprint density at radius 1 is 1.37 bits per heavy atom. The Hall–Kier alpha value is -1.83. The number of ether oxygens (including phenoxy) is 1. The van der Waals surface area contributed by atoms with Crippen LogP contribution in [0.5, 0.6) is 0 Å². The highest BCUT2D eigenvalue weighted by Gasteiger charge is 2.15. The van der Waals surface area contributed by atoms with Crippen LogP contribution in [0.25, 0.3) is 0 Å². The molecule has 2 unspecified atom stereocenters. The molecule has 0 bridgehead atoms. The van der Waals surface area contributed by atoms with Crippen molar-refractivity contribution in [3.63, 3.8) is 0 Å². The van der Waals surface area contributed by atoms with E-state index in [1.807, 2.05) is 31.2 Å². The highest BCUT2D eigenvalue weighted by molar-refractivity contribution is 5.80. The Morgan fingerprint density at radius 2 is 2.00 bits per heavy atom. The van der Waals surface area contributed by atoms with Gasteiger partial charge in [0.2, 0.25) is 5.91 Å². The number of amides is 1. The molecule has 2 atom stereocenters. The van der Waals surface area contributed by atoms with Crippen molar-refractivity contribution in [1.29, 1.82) is 0 Å². The van der Waals surface area contributed by atoms with Crippen LogP contribution in [0.2, 0.25) is 0 Å². The molecule has 0 aliphatic carbocycles. The number of carbonyl (C=O) groups excluding carboxylic acids is 1. The molecule has 4 heteroatoms. The lowest BCUT2D eigenvalue weighted by Gasteiger charge is -2.17. The van der Waals surface area contributed by atoms with E-state index >= 15 is 0 Å². The van der Waals surface area contributed by atoms with Gasteiger partial charge in [0.1, 0.15) is 12.7 Å². The molecule has 1 aromatic rings. The molecule has 19 heavy (non-hydrogen) atoms. The van der Waals surface area contributed by atoms with Crippen LogP contribution in [0.15, 0.2) is 24.3 Å². The average molecular weight is 261 g/mol. The minimum atomic E-state index is -0.461. The molecule has 0 aliphatic heterocycles. The lowest BCUT2D eigenvalue weighted by Crippen LogP contribution is -2.35. The predicted octanol–water partition coefficient (Wildman–Crippen LogP) is 1.24. The van der Waals surface area contributed by atoms with Crippen molar-refractivity contribution < 1.29 is 14.6 Å². The Bertz CT molecular complexity index is 470. The topological polar surface area (TPSA) is 58.6 Å². The quantitative estimate of drug-likeness (QED) is 0.802. The van der Waals surface area contributed by atoms with Crippen molar-refractivity contribution in [2.45, 2.75) is 26.0 Å². The zero-order chi connectivity index (χ0) is 14.3. The monoisotopic (exact) mass is 261 g/mol. The summed E-state index contributed by atoms with van der Waals surface area (Å²) in [7, 11) is 1.50. The van der Waals surface area contributed by atoms with Gasteiger partial charge in [-0.05, 0) is 31.5 Å². The van der Waals surface area contributed by atoms with E-state index in [9.17, 15) is 4.79 Å². The maximum Gasteiger partial charge on any atom is 0.249 e. The first-order chi connectivity index (χ1) is 9.08. The number of carbonyl (C=O) groups is 1. The number of aliphatic hydroxyl groups is 1. The summed E-state index contributed by atoms with van der Waals surface area (Å²) in [6.45, 7) is 3.47. The first kappa shape index (κ1) is 15.2. The minimum absolute atomic E-state index is 0.0926. The highest BCUT2D eigenvalue weighted by atomic mass is 16.5. The molecule has 1 aromatic carbocycles. The number of hydrogen-bond donors (Lipinski definition) is 2. The summed E-state index contributed by atoms with van der Waals surface area (Å²) in [5, 5.41) is 11.5. The zero-order valence-electron chi connectivity index (χ0n) is 11.4. The van der Waals surface area contributed by atoms with Crippen molar-refractivity contribution in [3.8, 4) is 11.8 Å². The summed E-state index contributed by atoms with van der Waals surface area (Å²) in [6, 6.07) is 7.44. The third-order valence-corrected chi connectivity index (χ3v) is 2.80. The van der Waals surface area contributed by atoms with E-state index < -0.39 is 6.10 Å². The van der Waals surface area contributed by atoms with Crippen LogP contribution in [-0.2, 0) is 9.53 Å². The van der Waals surface area contributed by atoms with Gasteiger partial charge in [-0.2, -0.15) is 0 Å². The van der Waals surface area contributed by atoms with Gasteiger partial charge >= 0.3 is 0 Å². The predicted molar refractivity (Wildman–Crippen MR) is 73.4 cm³/mol. The van der Waals surface area contributed by atoms with Gasteiger partial charge in [-0.25, -0.2) is 0 Å². The molecular weight excluding hydrogens is 242 g/mol. The number of rotatable bonds is 4. The van der Waals surface area contributed by atoms with E-state index in [1.165, 1.54) is 7.11 Å². The Kier molecular flexibility index (Phi) is 6.07. The molecule has 0 fully saturated rings. The summed E-state index contributed by atoms with van der Waals surface area (Å²) >= 11 is 0. The molecule has 102 valence electrons. The molecule has 0 spiro atoms. The Morgan fingerprint density at radius 3 is 2.53 bits per heavy atom. The molecule has 2 N–H and O–H groups in total. The third-order valence-electron chi connectivity index (χ3n) is 2.80. The first-order valence-corrected chi connectivity index (χ1v) is 6.11. The van der Waals surface area contributed by atoms with Crippen LogP contribution in [0, 0.1) is 11.8 Å². The van der Waals surface area contributed by atoms with Crippen LogP contribution in [-0.4, -0.2) is 30.8 Å². The van der Waals surface area contributed by atoms with Crippen LogP contribution in [0.3, 0.4) is 0 Å². The number of nitrogens with one attached hydrogen (secondary N) is 1. The van der Waals surface area contributed by atoms with E-state index in [4.69, 9.17) is 9.84 Å². The summed E-state index contributed by atoms with van der Waals surface area (Å²) in [6.07, 6.45) is -0.461. The molecule has 1 rings (SSSR count). The van der Waals surface area contributed by atoms with Crippen molar-refractivity contribution in [1.82, 2.24) is 5.32 Å². The van der Waals surface area contributed by atoms with Crippen LogP contribution < -0.4 is 5.32 Å². The maximum absolute atomic E-state index is 11.7. The van der Waals surface area contributed by atoms with Crippen LogP contribution in [0.4, 0.5) is 0 Å². The van der Waals surface area contributed by atoms with E-state index in [-0.39, 0.29) is 18.6 Å².